The largest absolute Gasteiger partial charge is 0.245 e. The Morgan fingerprint density at radius 2 is 2.31 bits per heavy atom. The van der Waals surface area contributed by atoms with Crippen LogP contribution in [0.4, 0.5) is 4.39 Å². The highest BCUT2D eigenvalue weighted by atomic mass is 32.2. The summed E-state index contributed by atoms with van der Waals surface area (Å²) < 4.78 is 12.9. The third kappa shape index (κ3) is 3.06. The second kappa shape index (κ2) is 5.46. The van der Waals surface area contributed by atoms with E-state index in [1.54, 1.807) is 35.2 Å². The van der Waals surface area contributed by atoms with Gasteiger partial charge >= 0.3 is 0 Å². The van der Waals surface area contributed by atoms with Crippen LogP contribution >= 0.6 is 23.1 Å². The average Bonchev–Trinajstić information content (AvgIpc) is 2.74. The standard InChI is InChI=1S/C12H12FNS2/c1-2-10-7-16-12(14-10)8-15-11-5-3-4-9(13)6-11/h3-7H,2,8H2,1H3. The van der Waals surface area contributed by atoms with E-state index >= 15 is 0 Å². The fraction of sp³-hybridized carbons (Fsp3) is 0.250. The van der Waals surface area contributed by atoms with Crippen LogP contribution in [0.1, 0.15) is 17.6 Å². The van der Waals surface area contributed by atoms with Crippen LogP contribution in [0.2, 0.25) is 0 Å². The smallest absolute Gasteiger partial charge is 0.124 e. The first-order chi connectivity index (χ1) is 7.78. The Morgan fingerprint density at radius 3 is 3.00 bits per heavy atom. The molecule has 0 bridgehead atoms. The third-order valence-electron chi connectivity index (χ3n) is 2.12. The van der Waals surface area contributed by atoms with Gasteiger partial charge in [0.1, 0.15) is 10.8 Å². The molecule has 0 N–H and O–H groups in total. The van der Waals surface area contributed by atoms with Crippen molar-refractivity contribution in [3.8, 4) is 0 Å². The molecule has 84 valence electrons. The number of nitrogens with zero attached hydrogens (tertiary/aromatic N) is 1. The van der Waals surface area contributed by atoms with Crippen molar-refractivity contribution in [2.75, 3.05) is 0 Å². The van der Waals surface area contributed by atoms with Gasteiger partial charge in [-0.1, -0.05) is 13.0 Å². The topological polar surface area (TPSA) is 12.9 Å². The zero-order valence-electron chi connectivity index (χ0n) is 8.94. The van der Waals surface area contributed by atoms with E-state index in [1.807, 2.05) is 6.07 Å². The molecule has 0 spiro atoms. The van der Waals surface area contributed by atoms with Crippen molar-refractivity contribution < 1.29 is 4.39 Å². The number of hydrogen-bond donors (Lipinski definition) is 0. The molecule has 0 fully saturated rings. The van der Waals surface area contributed by atoms with Crippen molar-refractivity contribution >= 4 is 23.1 Å². The van der Waals surface area contributed by atoms with E-state index in [2.05, 4.69) is 17.3 Å². The van der Waals surface area contributed by atoms with Crippen molar-refractivity contribution in [2.45, 2.75) is 24.0 Å². The van der Waals surface area contributed by atoms with Gasteiger partial charge in [0, 0.05) is 10.3 Å². The van der Waals surface area contributed by atoms with Crippen LogP contribution in [0, 0.1) is 5.82 Å². The van der Waals surface area contributed by atoms with E-state index in [0.717, 1.165) is 27.8 Å². The van der Waals surface area contributed by atoms with Gasteiger partial charge in [-0.2, -0.15) is 0 Å². The lowest BCUT2D eigenvalue weighted by molar-refractivity contribution is 0.624. The first-order valence-corrected chi connectivity index (χ1v) is 6.96. The Bertz CT molecular complexity index is 468. The molecule has 1 heterocycles. The zero-order chi connectivity index (χ0) is 11.4. The molecule has 0 amide bonds. The van der Waals surface area contributed by atoms with Crippen LogP contribution in [0.3, 0.4) is 0 Å². The zero-order valence-corrected chi connectivity index (χ0v) is 10.6. The molecule has 1 nitrogen and oxygen atoms in total. The molecule has 0 aliphatic rings. The molecule has 0 unspecified atom stereocenters. The molecule has 0 aliphatic carbocycles. The number of thioether (sulfide) groups is 1. The second-order valence-corrected chi connectivity index (χ2v) is 5.32. The lowest BCUT2D eigenvalue weighted by atomic mass is 10.4. The van der Waals surface area contributed by atoms with Crippen LogP contribution in [-0.4, -0.2) is 4.98 Å². The summed E-state index contributed by atoms with van der Waals surface area (Å²) in [7, 11) is 0. The fourth-order valence-electron chi connectivity index (χ4n) is 1.28. The van der Waals surface area contributed by atoms with Gasteiger partial charge in [-0.05, 0) is 24.6 Å². The van der Waals surface area contributed by atoms with E-state index in [-0.39, 0.29) is 5.82 Å². The average molecular weight is 253 g/mol. The summed E-state index contributed by atoms with van der Waals surface area (Å²) >= 11 is 3.29. The number of aromatic nitrogens is 1. The molecule has 16 heavy (non-hydrogen) atoms. The minimum atomic E-state index is -0.182. The first kappa shape index (κ1) is 11.6. The molecule has 1 aromatic heterocycles. The summed E-state index contributed by atoms with van der Waals surface area (Å²) in [5, 5.41) is 3.19. The minimum absolute atomic E-state index is 0.182. The Balaban J connectivity index is 1.96. The molecule has 1 aromatic carbocycles. The molecule has 2 rings (SSSR count). The summed E-state index contributed by atoms with van der Waals surface area (Å²) in [5.41, 5.74) is 1.14. The molecule has 0 aliphatic heterocycles. The van der Waals surface area contributed by atoms with E-state index < -0.39 is 0 Å². The van der Waals surface area contributed by atoms with Crippen molar-refractivity contribution in [3.63, 3.8) is 0 Å². The highest BCUT2D eigenvalue weighted by Crippen LogP contribution is 2.24. The lowest BCUT2D eigenvalue weighted by Gasteiger charge is -1.98. The van der Waals surface area contributed by atoms with Gasteiger partial charge in [-0.25, -0.2) is 9.37 Å². The summed E-state index contributed by atoms with van der Waals surface area (Å²) in [6, 6.07) is 6.67. The molecule has 0 atom stereocenters. The van der Waals surface area contributed by atoms with E-state index in [4.69, 9.17) is 0 Å². The van der Waals surface area contributed by atoms with Crippen LogP contribution in [0.5, 0.6) is 0 Å². The number of halogens is 1. The van der Waals surface area contributed by atoms with Crippen LogP contribution in [0.15, 0.2) is 34.5 Å². The van der Waals surface area contributed by atoms with Gasteiger partial charge in [0.15, 0.2) is 0 Å². The van der Waals surface area contributed by atoms with Crippen molar-refractivity contribution in [3.05, 3.63) is 46.2 Å². The Morgan fingerprint density at radius 1 is 1.44 bits per heavy atom. The third-order valence-corrected chi connectivity index (χ3v) is 4.21. The highest BCUT2D eigenvalue weighted by molar-refractivity contribution is 7.98. The van der Waals surface area contributed by atoms with Gasteiger partial charge in [0.05, 0.1) is 11.4 Å². The predicted molar refractivity (Wildman–Crippen MR) is 67.5 cm³/mol. The van der Waals surface area contributed by atoms with E-state index in [1.165, 1.54) is 6.07 Å². The number of benzene rings is 1. The molecule has 4 heteroatoms. The first-order valence-electron chi connectivity index (χ1n) is 5.09. The monoisotopic (exact) mass is 253 g/mol. The van der Waals surface area contributed by atoms with Gasteiger partial charge in [-0.15, -0.1) is 23.1 Å². The highest BCUT2D eigenvalue weighted by Gasteiger charge is 2.02. The molecule has 0 saturated heterocycles. The summed E-state index contributed by atoms with van der Waals surface area (Å²) in [6.45, 7) is 2.10. The Hall–Kier alpha value is -0.870. The van der Waals surface area contributed by atoms with E-state index in [9.17, 15) is 4.39 Å². The minimum Gasteiger partial charge on any atom is -0.245 e. The summed E-state index contributed by atoms with van der Waals surface area (Å²) in [5.74, 6) is 0.632. The van der Waals surface area contributed by atoms with E-state index in [0.29, 0.717) is 0 Å². The van der Waals surface area contributed by atoms with Crippen molar-refractivity contribution in [2.24, 2.45) is 0 Å². The molecule has 0 radical (unpaired) electrons. The number of rotatable bonds is 4. The van der Waals surface area contributed by atoms with Gasteiger partial charge in [0.25, 0.3) is 0 Å². The number of thiazole rings is 1. The molecule has 0 saturated carbocycles. The van der Waals surface area contributed by atoms with Crippen molar-refractivity contribution in [1.29, 1.82) is 0 Å². The van der Waals surface area contributed by atoms with Gasteiger partial charge in [0.2, 0.25) is 0 Å². The molecule has 2 aromatic rings. The van der Waals surface area contributed by atoms with Crippen LogP contribution in [-0.2, 0) is 12.2 Å². The summed E-state index contributed by atoms with van der Waals surface area (Å²) in [6.07, 6.45) is 0.973. The van der Waals surface area contributed by atoms with Gasteiger partial charge < -0.3 is 0 Å². The number of aryl methyl sites for hydroxylation is 1. The lowest BCUT2D eigenvalue weighted by Crippen LogP contribution is -1.83. The molecular weight excluding hydrogens is 241 g/mol. The Kier molecular flexibility index (Phi) is 3.96. The number of hydrogen-bond acceptors (Lipinski definition) is 3. The maximum Gasteiger partial charge on any atom is 0.124 e. The predicted octanol–water partition coefficient (Wildman–Crippen LogP) is 4.14. The summed E-state index contributed by atoms with van der Waals surface area (Å²) in [4.78, 5) is 5.42. The van der Waals surface area contributed by atoms with Crippen molar-refractivity contribution in [1.82, 2.24) is 4.98 Å². The van der Waals surface area contributed by atoms with Crippen LogP contribution in [0.25, 0.3) is 0 Å². The van der Waals surface area contributed by atoms with Crippen LogP contribution < -0.4 is 0 Å². The van der Waals surface area contributed by atoms with Gasteiger partial charge in [-0.3, -0.25) is 0 Å². The second-order valence-electron chi connectivity index (χ2n) is 3.33. The SMILES string of the molecule is CCc1csc(CSc2cccc(F)c2)n1. The quantitative estimate of drug-likeness (QED) is 0.760. The normalized spacial score (nSPS) is 10.6. The molecular formula is C12H12FNS2. The maximum absolute atomic E-state index is 12.9. The maximum atomic E-state index is 12.9. The fourth-order valence-corrected chi connectivity index (χ4v) is 3.12. The Labute approximate surface area is 103 Å².